The molecule has 0 saturated carbocycles. The summed E-state index contributed by atoms with van der Waals surface area (Å²) < 4.78 is 0. The molecule has 1 N–H and O–H groups in total. The van der Waals surface area contributed by atoms with E-state index in [1.54, 1.807) is 0 Å². The van der Waals surface area contributed by atoms with Crippen molar-refractivity contribution in [2.24, 2.45) is 0 Å². The zero-order valence-corrected chi connectivity index (χ0v) is 9.23. The molecule has 0 radical (unpaired) electrons. The lowest BCUT2D eigenvalue weighted by atomic mass is 10.4. The van der Waals surface area contributed by atoms with E-state index in [1.165, 1.54) is 0 Å². The first kappa shape index (κ1) is 29.3. The van der Waals surface area contributed by atoms with Gasteiger partial charge in [-0.1, -0.05) is 65.1 Å². The van der Waals surface area contributed by atoms with Crippen LogP contribution in [0.2, 0.25) is 0 Å². The molecule has 0 heterocycles. The van der Waals surface area contributed by atoms with Gasteiger partial charge in [0.05, 0.1) is 0 Å². The second-order valence-electron chi connectivity index (χ2n) is 1.65. The summed E-state index contributed by atoms with van der Waals surface area (Å²) in [5.74, 6) is -1.08. The number of aliphatic hydroxyl groups excluding tert-OH is 1. The van der Waals surface area contributed by atoms with Crippen LogP contribution in [0.3, 0.4) is 0 Å². The van der Waals surface area contributed by atoms with Gasteiger partial charge in [0.25, 0.3) is 0 Å². The molecule has 1 aromatic carbocycles. The molecule has 0 saturated heterocycles. The standard InChI is InChI=1S/C6H6.C2H4O2.C2H6.CH4O.2CH4/c1-2-4-6-5-3-1;1-2(3)4;2*1-2;;/h1-6H;1H3,(H,3,4);1-2H3;2H,1H3;2*1H4/p-1. The van der Waals surface area contributed by atoms with Gasteiger partial charge in [0.2, 0.25) is 0 Å². The van der Waals surface area contributed by atoms with Gasteiger partial charge in [0.15, 0.2) is 0 Å². The molecule has 98 valence electrons. The summed E-state index contributed by atoms with van der Waals surface area (Å²) in [5.41, 5.74) is 0. The lowest BCUT2D eigenvalue weighted by molar-refractivity contribution is -0.302. The zero-order chi connectivity index (χ0) is 11.8. The molecule has 0 spiro atoms. The molecule has 0 aliphatic carbocycles. The minimum absolute atomic E-state index is 0. The number of hydrogen-bond donors (Lipinski definition) is 1. The highest BCUT2D eigenvalue weighted by molar-refractivity contribution is 5.60. The summed E-state index contributed by atoms with van der Waals surface area (Å²) in [7, 11) is 1.00. The maximum atomic E-state index is 8.89. The maximum Gasteiger partial charge on any atom is 0.0383 e. The first-order valence-corrected chi connectivity index (χ1v) is 4.36. The first-order chi connectivity index (χ1) is 6.73. The van der Waals surface area contributed by atoms with E-state index in [9.17, 15) is 0 Å². The fraction of sp³-hybridized carbons (Fsp3) is 0.462. The van der Waals surface area contributed by atoms with Crippen LogP contribution >= 0.6 is 0 Å². The van der Waals surface area contributed by atoms with Gasteiger partial charge in [-0.2, -0.15) is 0 Å². The van der Waals surface area contributed by atoms with Crippen molar-refractivity contribution in [3.63, 3.8) is 0 Å². The van der Waals surface area contributed by atoms with Crippen molar-refractivity contribution in [3.05, 3.63) is 36.4 Å². The van der Waals surface area contributed by atoms with Crippen LogP contribution in [0, 0.1) is 0 Å². The number of carboxylic acid groups (broad SMARTS) is 1. The molecule has 0 unspecified atom stereocenters. The van der Waals surface area contributed by atoms with E-state index in [1.807, 2.05) is 50.2 Å². The van der Waals surface area contributed by atoms with Gasteiger partial charge >= 0.3 is 0 Å². The number of hydrogen-bond acceptors (Lipinski definition) is 3. The molecule has 1 rings (SSSR count). The number of carbonyl (C=O) groups is 1. The van der Waals surface area contributed by atoms with E-state index < -0.39 is 5.97 Å². The van der Waals surface area contributed by atoms with Crippen molar-refractivity contribution in [3.8, 4) is 0 Å². The highest BCUT2D eigenvalue weighted by Crippen LogP contribution is 1.79. The number of carbonyl (C=O) groups excluding carboxylic acids is 1. The molecule has 0 aliphatic heterocycles. The molecule has 0 atom stereocenters. The lowest BCUT2D eigenvalue weighted by Crippen LogP contribution is -2.16. The predicted octanol–water partition coefficient (Wildman–Crippen LogP) is 2.35. The number of benzene rings is 1. The molecule has 0 aromatic heterocycles. The Kier molecular flexibility index (Phi) is 68.4. The van der Waals surface area contributed by atoms with E-state index in [2.05, 4.69) is 0 Å². The van der Waals surface area contributed by atoms with Crippen LogP contribution in [-0.4, -0.2) is 18.2 Å². The molecule has 3 nitrogen and oxygen atoms in total. The molecule has 3 heteroatoms. The Morgan fingerprint density at radius 2 is 0.938 bits per heavy atom. The smallest absolute Gasteiger partial charge is 0.0383 e. The predicted molar refractivity (Wildman–Crippen MR) is 70.1 cm³/mol. The Morgan fingerprint density at radius 3 is 1.00 bits per heavy atom. The van der Waals surface area contributed by atoms with Crippen LogP contribution in [0.1, 0.15) is 35.6 Å². The third-order valence-electron chi connectivity index (χ3n) is 0.667. The number of rotatable bonds is 0. The average molecular weight is 231 g/mol. The van der Waals surface area contributed by atoms with E-state index >= 15 is 0 Å². The molecule has 1 aromatic rings. The summed E-state index contributed by atoms with van der Waals surface area (Å²) in [4.78, 5) is 8.89. The van der Waals surface area contributed by atoms with Crippen molar-refractivity contribution in [1.82, 2.24) is 0 Å². The molecule has 0 bridgehead atoms. The van der Waals surface area contributed by atoms with Crippen LogP contribution in [0.25, 0.3) is 0 Å². The van der Waals surface area contributed by atoms with Gasteiger partial charge in [-0.15, -0.1) is 0 Å². The normalized spacial score (nSPS) is 5.31. The monoisotopic (exact) mass is 231 g/mol. The van der Waals surface area contributed by atoms with Gasteiger partial charge in [0.1, 0.15) is 0 Å². The molecule has 0 amide bonds. The highest BCUT2D eigenvalue weighted by atomic mass is 16.4. The van der Waals surface area contributed by atoms with E-state index in [-0.39, 0.29) is 14.9 Å². The van der Waals surface area contributed by atoms with Crippen molar-refractivity contribution >= 4 is 5.97 Å². The Hall–Kier alpha value is -1.35. The average Bonchev–Trinajstić information content (AvgIpc) is 2.25. The second-order valence-corrected chi connectivity index (χ2v) is 1.65. The Morgan fingerprint density at radius 1 is 0.875 bits per heavy atom. The first-order valence-electron chi connectivity index (χ1n) is 4.36. The molecule has 0 fully saturated rings. The van der Waals surface area contributed by atoms with Crippen LogP contribution in [-0.2, 0) is 4.79 Å². The minimum atomic E-state index is -1.08. The van der Waals surface area contributed by atoms with Gasteiger partial charge < -0.3 is 15.0 Å². The van der Waals surface area contributed by atoms with Crippen LogP contribution in [0.4, 0.5) is 0 Å². The van der Waals surface area contributed by atoms with E-state index in [4.69, 9.17) is 15.0 Å². The third kappa shape index (κ3) is 79.4. The fourth-order valence-electron chi connectivity index (χ4n) is 0.385. The zero-order valence-electron chi connectivity index (χ0n) is 9.23. The summed E-state index contributed by atoms with van der Waals surface area (Å²) in [5, 5.41) is 15.9. The number of carboxylic acids is 1. The van der Waals surface area contributed by atoms with Crippen molar-refractivity contribution in [2.45, 2.75) is 35.6 Å². The molecular formula is C13H27O3-. The van der Waals surface area contributed by atoms with Gasteiger partial charge in [-0.05, 0) is 6.92 Å². The fourth-order valence-corrected chi connectivity index (χ4v) is 0.385. The van der Waals surface area contributed by atoms with Gasteiger partial charge in [-0.25, -0.2) is 0 Å². The summed E-state index contributed by atoms with van der Waals surface area (Å²) in [6, 6.07) is 12.0. The van der Waals surface area contributed by atoms with Gasteiger partial charge in [0, 0.05) is 13.1 Å². The maximum absolute atomic E-state index is 8.89. The van der Waals surface area contributed by atoms with Crippen molar-refractivity contribution < 1.29 is 15.0 Å². The quantitative estimate of drug-likeness (QED) is 0.745. The van der Waals surface area contributed by atoms with Gasteiger partial charge in [-0.3, -0.25) is 0 Å². The van der Waals surface area contributed by atoms with E-state index in [0.29, 0.717) is 0 Å². The number of aliphatic carboxylic acids is 1. The van der Waals surface area contributed by atoms with Crippen molar-refractivity contribution in [1.29, 1.82) is 0 Å². The SMILES string of the molecule is C.C.CC.CC(=O)[O-].CO.c1ccccc1. The number of aliphatic hydroxyl groups is 1. The van der Waals surface area contributed by atoms with Crippen LogP contribution < -0.4 is 5.11 Å². The molecule has 0 aliphatic rings. The van der Waals surface area contributed by atoms with Crippen LogP contribution in [0.5, 0.6) is 0 Å². The molecule has 16 heavy (non-hydrogen) atoms. The third-order valence-corrected chi connectivity index (χ3v) is 0.667. The summed E-state index contributed by atoms with van der Waals surface area (Å²) in [6.07, 6.45) is 0. The Balaban J connectivity index is -0.0000000364. The summed E-state index contributed by atoms with van der Waals surface area (Å²) in [6.45, 7) is 4.97. The summed E-state index contributed by atoms with van der Waals surface area (Å²) >= 11 is 0. The highest BCUT2D eigenvalue weighted by Gasteiger charge is 1.57. The second kappa shape index (κ2) is 37.3. The topological polar surface area (TPSA) is 60.4 Å². The van der Waals surface area contributed by atoms with Crippen molar-refractivity contribution in [2.75, 3.05) is 7.11 Å². The Labute approximate surface area is 101 Å². The van der Waals surface area contributed by atoms with E-state index in [0.717, 1.165) is 14.0 Å². The minimum Gasteiger partial charge on any atom is -0.550 e. The van der Waals surface area contributed by atoms with Crippen LogP contribution in [0.15, 0.2) is 36.4 Å². The molecular weight excluding hydrogens is 204 g/mol. The largest absolute Gasteiger partial charge is 0.550 e. The lowest BCUT2D eigenvalue weighted by Gasteiger charge is -1.77. The Bertz CT molecular complexity index is 143.